The van der Waals surface area contributed by atoms with Crippen LogP contribution in [0, 0.1) is 6.92 Å². The van der Waals surface area contributed by atoms with Crippen molar-refractivity contribution in [3.63, 3.8) is 0 Å². The summed E-state index contributed by atoms with van der Waals surface area (Å²) in [5.41, 5.74) is 0.888. The highest BCUT2D eigenvalue weighted by atomic mass is 35.5. The summed E-state index contributed by atoms with van der Waals surface area (Å²) >= 11 is 12.0. The molecule has 2 aromatic rings. The van der Waals surface area contributed by atoms with Gasteiger partial charge in [-0.2, -0.15) is 0 Å². The zero-order valence-corrected chi connectivity index (χ0v) is 13.5. The first-order valence-electron chi connectivity index (χ1n) is 6.75. The Bertz CT molecular complexity index is 620. The van der Waals surface area contributed by atoms with Crippen molar-refractivity contribution in [2.75, 3.05) is 11.9 Å². The Hall–Kier alpha value is -1.52. The quantitative estimate of drug-likeness (QED) is 0.849. The van der Waals surface area contributed by atoms with Gasteiger partial charge in [-0.1, -0.05) is 36.2 Å². The second kappa shape index (κ2) is 7.48. The maximum absolute atomic E-state index is 6.08. The number of rotatable bonds is 6. The highest BCUT2D eigenvalue weighted by Gasteiger charge is 2.08. The molecule has 1 aromatic heterocycles. The van der Waals surface area contributed by atoms with Crippen LogP contribution in [0.3, 0.4) is 0 Å². The van der Waals surface area contributed by atoms with Crippen LogP contribution >= 0.6 is 23.2 Å². The summed E-state index contributed by atoms with van der Waals surface area (Å²) < 4.78 is 5.65. The Morgan fingerprint density at radius 1 is 1.24 bits per heavy atom. The maximum Gasteiger partial charge on any atom is 0.168 e. The third kappa shape index (κ3) is 4.48. The van der Waals surface area contributed by atoms with Gasteiger partial charge in [-0.3, -0.25) is 0 Å². The van der Waals surface area contributed by atoms with Crippen LogP contribution in [0.1, 0.15) is 24.9 Å². The van der Waals surface area contributed by atoms with E-state index in [0.29, 0.717) is 21.6 Å². The van der Waals surface area contributed by atoms with Crippen molar-refractivity contribution in [1.29, 1.82) is 0 Å². The number of aromatic nitrogens is 2. The largest absolute Gasteiger partial charge is 0.484 e. The van der Waals surface area contributed by atoms with Crippen molar-refractivity contribution in [2.24, 2.45) is 0 Å². The molecule has 2 rings (SSSR count). The molecular formula is C15H17Cl2N3O. The summed E-state index contributed by atoms with van der Waals surface area (Å²) in [7, 11) is 0. The Labute approximate surface area is 134 Å². The van der Waals surface area contributed by atoms with Gasteiger partial charge in [0.2, 0.25) is 0 Å². The molecule has 0 radical (unpaired) electrons. The molecular weight excluding hydrogens is 309 g/mol. The van der Waals surface area contributed by atoms with E-state index in [4.69, 9.17) is 27.9 Å². The highest BCUT2D eigenvalue weighted by Crippen LogP contribution is 2.31. The molecule has 21 heavy (non-hydrogen) atoms. The van der Waals surface area contributed by atoms with E-state index in [9.17, 15) is 0 Å². The third-order valence-electron chi connectivity index (χ3n) is 2.73. The molecule has 0 unspecified atom stereocenters. The molecule has 0 saturated heterocycles. The topological polar surface area (TPSA) is 47.0 Å². The first-order valence-corrected chi connectivity index (χ1v) is 7.51. The normalized spacial score (nSPS) is 10.5. The smallest absolute Gasteiger partial charge is 0.168 e. The summed E-state index contributed by atoms with van der Waals surface area (Å²) in [6.45, 7) is 5.14. The molecule has 0 aliphatic rings. The Balaban J connectivity index is 2.09. The van der Waals surface area contributed by atoms with Gasteiger partial charge in [0, 0.05) is 18.3 Å². The van der Waals surface area contributed by atoms with Crippen LogP contribution in [-0.2, 0) is 6.61 Å². The first-order chi connectivity index (χ1) is 10.1. The summed E-state index contributed by atoms with van der Waals surface area (Å²) in [5, 5.41) is 4.10. The molecule has 0 atom stereocenters. The molecule has 1 N–H and O–H groups in total. The minimum absolute atomic E-state index is 0.239. The number of nitrogens with one attached hydrogen (secondary N) is 1. The fraction of sp³-hybridized carbons (Fsp3) is 0.333. The van der Waals surface area contributed by atoms with Crippen molar-refractivity contribution < 1.29 is 4.74 Å². The SMILES string of the molecule is CCCNc1cc(C)nc(COc2cccc(Cl)c2Cl)n1. The predicted molar refractivity (Wildman–Crippen MR) is 86.3 cm³/mol. The van der Waals surface area contributed by atoms with E-state index >= 15 is 0 Å². The number of anilines is 1. The van der Waals surface area contributed by atoms with Gasteiger partial charge in [0.25, 0.3) is 0 Å². The van der Waals surface area contributed by atoms with Gasteiger partial charge in [0.1, 0.15) is 23.2 Å². The van der Waals surface area contributed by atoms with Crippen molar-refractivity contribution in [2.45, 2.75) is 26.9 Å². The van der Waals surface area contributed by atoms with Crippen molar-refractivity contribution in [3.05, 3.63) is 45.8 Å². The van der Waals surface area contributed by atoms with Crippen LogP contribution in [0.15, 0.2) is 24.3 Å². The van der Waals surface area contributed by atoms with Crippen LogP contribution in [0.5, 0.6) is 5.75 Å². The molecule has 0 aliphatic carbocycles. The average molecular weight is 326 g/mol. The minimum Gasteiger partial charge on any atom is -0.484 e. The van der Waals surface area contributed by atoms with E-state index in [1.165, 1.54) is 0 Å². The van der Waals surface area contributed by atoms with Crippen LogP contribution < -0.4 is 10.1 Å². The second-order valence-corrected chi connectivity index (χ2v) is 5.36. The lowest BCUT2D eigenvalue weighted by molar-refractivity contribution is 0.296. The van der Waals surface area contributed by atoms with Crippen LogP contribution in [-0.4, -0.2) is 16.5 Å². The van der Waals surface area contributed by atoms with Gasteiger partial charge in [-0.25, -0.2) is 9.97 Å². The number of ether oxygens (including phenoxy) is 1. The van der Waals surface area contributed by atoms with Crippen LogP contribution in [0.4, 0.5) is 5.82 Å². The van der Waals surface area contributed by atoms with Gasteiger partial charge < -0.3 is 10.1 Å². The van der Waals surface area contributed by atoms with E-state index in [1.807, 2.05) is 13.0 Å². The molecule has 6 heteroatoms. The lowest BCUT2D eigenvalue weighted by Gasteiger charge is -2.10. The predicted octanol–water partition coefficient (Wildman–Crippen LogP) is 4.49. The highest BCUT2D eigenvalue weighted by molar-refractivity contribution is 6.42. The van der Waals surface area contributed by atoms with E-state index in [0.717, 1.165) is 24.5 Å². The van der Waals surface area contributed by atoms with E-state index in [1.54, 1.807) is 18.2 Å². The van der Waals surface area contributed by atoms with Crippen molar-refractivity contribution in [3.8, 4) is 5.75 Å². The first kappa shape index (κ1) is 15.9. The molecule has 112 valence electrons. The fourth-order valence-corrected chi connectivity index (χ4v) is 2.12. The Morgan fingerprint density at radius 2 is 2.05 bits per heavy atom. The van der Waals surface area contributed by atoms with Crippen molar-refractivity contribution >= 4 is 29.0 Å². The molecule has 1 aromatic carbocycles. The standard InChI is InChI=1S/C15H17Cl2N3O/c1-3-7-18-13-8-10(2)19-14(20-13)9-21-12-6-4-5-11(16)15(12)17/h4-6,8H,3,7,9H2,1-2H3,(H,18,19,20). The lowest BCUT2D eigenvalue weighted by Crippen LogP contribution is -2.08. The maximum atomic E-state index is 6.08. The third-order valence-corrected chi connectivity index (χ3v) is 3.53. The number of hydrogen-bond acceptors (Lipinski definition) is 4. The summed E-state index contributed by atoms with van der Waals surface area (Å²) in [4.78, 5) is 8.77. The van der Waals surface area contributed by atoms with E-state index in [2.05, 4.69) is 22.2 Å². The molecule has 4 nitrogen and oxygen atoms in total. The number of aryl methyl sites for hydroxylation is 1. The van der Waals surface area contributed by atoms with E-state index < -0.39 is 0 Å². The number of hydrogen-bond donors (Lipinski definition) is 1. The van der Waals surface area contributed by atoms with Gasteiger partial charge in [0.05, 0.1) is 5.02 Å². The van der Waals surface area contributed by atoms with Gasteiger partial charge in [0.15, 0.2) is 5.82 Å². The summed E-state index contributed by atoms with van der Waals surface area (Å²) in [5.74, 6) is 1.93. The Morgan fingerprint density at radius 3 is 2.81 bits per heavy atom. The molecule has 0 fully saturated rings. The molecule has 0 amide bonds. The summed E-state index contributed by atoms with van der Waals surface area (Å²) in [6, 6.07) is 7.17. The monoisotopic (exact) mass is 325 g/mol. The minimum atomic E-state index is 0.239. The number of benzene rings is 1. The van der Waals surface area contributed by atoms with Gasteiger partial charge in [-0.05, 0) is 25.5 Å². The van der Waals surface area contributed by atoms with Crippen molar-refractivity contribution in [1.82, 2.24) is 9.97 Å². The second-order valence-electron chi connectivity index (χ2n) is 4.58. The van der Waals surface area contributed by atoms with E-state index in [-0.39, 0.29) is 6.61 Å². The average Bonchev–Trinajstić information content (AvgIpc) is 2.46. The van der Waals surface area contributed by atoms with Crippen LogP contribution in [0.2, 0.25) is 10.0 Å². The lowest BCUT2D eigenvalue weighted by atomic mass is 10.3. The van der Waals surface area contributed by atoms with Gasteiger partial charge >= 0.3 is 0 Å². The Kier molecular flexibility index (Phi) is 5.65. The molecule has 0 aliphatic heterocycles. The zero-order chi connectivity index (χ0) is 15.2. The summed E-state index contributed by atoms with van der Waals surface area (Å²) in [6.07, 6.45) is 1.03. The molecule has 1 heterocycles. The van der Waals surface area contributed by atoms with Gasteiger partial charge in [-0.15, -0.1) is 0 Å². The molecule has 0 bridgehead atoms. The van der Waals surface area contributed by atoms with Crippen LogP contribution in [0.25, 0.3) is 0 Å². The zero-order valence-electron chi connectivity index (χ0n) is 12.0. The molecule has 0 spiro atoms. The molecule has 0 saturated carbocycles. The number of halogens is 2. The number of nitrogens with zero attached hydrogens (tertiary/aromatic N) is 2. The fourth-order valence-electron chi connectivity index (χ4n) is 1.78.